The number of fused-ring (bicyclic) bond motifs is 2. The number of hydrogen-bond donors (Lipinski definition) is 2. The monoisotopic (exact) mass is 446 g/mol. The summed E-state index contributed by atoms with van der Waals surface area (Å²) in [6.07, 6.45) is 6.42. The van der Waals surface area contributed by atoms with Crippen molar-refractivity contribution in [1.29, 1.82) is 0 Å². The molecule has 1 aromatic carbocycles. The summed E-state index contributed by atoms with van der Waals surface area (Å²) in [7, 11) is 0. The highest BCUT2D eigenvalue weighted by atomic mass is 16.6. The molecule has 0 radical (unpaired) electrons. The molecule has 1 fully saturated rings. The van der Waals surface area contributed by atoms with Gasteiger partial charge in [0.1, 0.15) is 16.8 Å². The molecule has 33 heavy (non-hydrogen) atoms. The van der Waals surface area contributed by atoms with Crippen LogP contribution in [0.2, 0.25) is 0 Å². The minimum atomic E-state index is -1.65. The minimum absolute atomic E-state index is 0.0825. The van der Waals surface area contributed by atoms with Gasteiger partial charge >= 0.3 is 5.97 Å². The van der Waals surface area contributed by atoms with Crippen molar-refractivity contribution < 1.29 is 24.2 Å². The fourth-order valence-corrected chi connectivity index (χ4v) is 4.58. The Hall–Kier alpha value is -3.85. The Balaban J connectivity index is 1.28. The van der Waals surface area contributed by atoms with E-state index in [1.54, 1.807) is 18.5 Å². The van der Waals surface area contributed by atoms with Crippen molar-refractivity contribution in [2.24, 2.45) is 0 Å². The number of rotatable bonds is 3. The summed E-state index contributed by atoms with van der Waals surface area (Å²) in [5, 5.41) is 25.1. The van der Waals surface area contributed by atoms with Gasteiger partial charge in [-0.25, -0.2) is 14.8 Å². The van der Waals surface area contributed by atoms with Crippen LogP contribution in [0.1, 0.15) is 47.2 Å². The first kappa shape index (κ1) is 21.0. The number of pyridine rings is 1. The number of carbonyl (C=O) groups excluding carboxylic acids is 2. The summed E-state index contributed by atoms with van der Waals surface area (Å²) in [4.78, 5) is 33.5. The molecule has 1 spiro atoms. The quantitative estimate of drug-likeness (QED) is 0.359. The molecule has 0 unspecified atom stereocenters. The van der Waals surface area contributed by atoms with E-state index < -0.39 is 23.1 Å². The fourth-order valence-electron chi connectivity index (χ4n) is 4.58. The smallest absolute Gasteiger partial charge is 0.345 e. The molecule has 0 atom stereocenters. The third-order valence-corrected chi connectivity index (χ3v) is 6.47. The highest BCUT2D eigenvalue weighted by molar-refractivity contribution is 5.96. The van der Waals surface area contributed by atoms with Gasteiger partial charge in [-0.05, 0) is 38.2 Å². The number of hydrogen-bond acceptors (Lipinski definition) is 7. The van der Waals surface area contributed by atoms with E-state index in [4.69, 9.17) is 4.74 Å². The average Bonchev–Trinajstić information content (AvgIpc) is 3.07. The SMILES string of the molecule is Cc1cccc(-c2cnc(NC(=O)[C@]3(O)CC[C@@]4(CC3)OC(=O)c3c[n+]([O-])ccc34)nc2)c1. The molecule has 0 bridgehead atoms. The van der Waals surface area contributed by atoms with Crippen LogP contribution in [0.3, 0.4) is 0 Å². The van der Waals surface area contributed by atoms with E-state index in [-0.39, 0.29) is 37.2 Å². The number of nitrogens with zero attached hydrogens (tertiary/aromatic N) is 3. The lowest BCUT2D eigenvalue weighted by Crippen LogP contribution is -2.49. The van der Waals surface area contributed by atoms with Crippen LogP contribution < -0.4 is 10.0 Å². The van der Waals surface area contributed by atoms with Crippen molar-refractivity contribution in [1.82, 2.24) is 9.97 Å². The molecule has 5 rings (SSSR count). The summed E-state index contributed by atoms with van der Waals surface area (Å²) >= 11 is 0. The molecule has 1 amide bonds. The van der Waals surface area contributed by atoms with Gasteiger partial charge in [-0.15, -0.1) is 0 Å². The zero-order chi connectivity index (χ0) is 23.2. The summed E-state index contributed by atoms with van der Waals surface area (Å²) in [5.74, 6) is -1.06. The van der Waals surface area contributed by atoms with Crippen LogP contribution in [0.4, 0.5) is 5.95 Å². The Morgan fingerprint density at radius 1 is 1.15 bits per heavy atom. The van der Waals surface area contributed by atoms with E-state index in [2.05, 4.69) is 15.3 Å². The molecule has 9 nitrogen and oxygen atoms in total. The van der Waals surface area contributed by atoms with E-state index in [1.807, 2.05) is 31.2 Å². The zero-order valence-corrected chi connectivity index (χ0v) is 17.9. The molecule has 1 saturated carbocycles. The Morgan fingerprint density at radius 2 is 1.88 bits per heavy atom. The first-order valence-electron chi connectivity index (χ1n) is 10.7. The Kier molecular flexibility index (Phi) is 4.86. The molecule has 1 aliphatic carbocycles. The number of nitrogens with one attached hydrogen (secondary N) is 1. The van der Waals surface area contributed by atoms with Crippen LogP contribution in [0.25, 0.3) is 11.1 Å². The molecule has 1 aliphatic heterocycles. The van der Waals surface area contributed by atoms with Crippen LogP contribution in [-0.2, 0) is 15.1 Å². The van der Waals surface area contributed by atoms with Gasteiger partial charge in [0.2, 0.25) is 5.95 Å². The number of esters is 1. The first-order chi connectivity index (χ1) is 15.8. The number of ether oxygens (including phenoxy) is 1. The molecule has 2 aromatic heterocycles. The molecule has 0 saturated heterocycles. The predicted octanol–water partition coefficient (Wildman–Crippen LogP) is 2.39. The van der Waals surface area contributed by atoms with Gasteiger partial charge in [0.05, 0.1) is 0 Å². The summed E-state index contributed by atoms with van der Waals surface area (Å²) in [6.45, 7) is 2.00. The maximum absolute atomic E-state index is 12.9. The van der Waals surface area contributed by atoms with Crippen LogP contribution >= 0.6 is 0 Å². The number of anilines is 1. The van der Waals surface area contributed by atoms with Crippen molar-refractivity contribution in [3.63, 3.8) is 0 Å². The second-order valence-corrected chi connectivity index (χ2v) is 8.67. The third-order valence-electron chi connectivity index (χ3n) is 6.47. The van der Waals surface area contributed by atoms with Gasteiger partial charge in [-0.3, -0.25) is 10.1 Å². The largest absolute Gasteiger partial charge is 0.619 e. The third kappa shape index (κ3) is 3.70. The maximum atomic E-state index is 12.9. The number of carbonyl (C=O) groups is 2. The van der Waals surface area contributed by atoms with Gasteiger partial charge in [0.15, 0.2) is 12.4 Å². The van der Waals surface area contributed by atoms with Crippen molar-refractivity contribution in [2.45, 2.75) is 43.8 Å². The number of aryl methyl sites for hydroxylation is 1. The van der Waals surface area contributed by atoms with Crippen LogP contribution in [0, 0.1) is 12.1 Å². The Bertz CT molecular complexity index is 1250. The molecular formula is C24H22N4O5. The summed E-state index contributed by atoms with van der Waals surface area (Å²) < 4.78 is 6.16. The van der Waals surface area contributed by atoms with E-state index >= 15 is 0 Å². The average molecular weight is 446 g/mol. The number of amides is 1. The number of aromatic nitrogens is 3. The van der Waals surface area contributed by atoms with E-state index in [0.717, 1.165) is 16.7 Å². The highest BCUT2D eigenvalue weighted by Gasteiger charge is 2.53. The summed E-state index contributed by atoms with van der Waals surface area (Å²) in [6, 6.07) is 9.49. The van der Waals surface area contributed by atoms with Crippen molar-refractivity contribution in [3.8, 4) is 11.1 Å². The van der Waals surface area contributed by atoms with Gasteiger partial charge in [0.25, 0.3) is 5.91 Å². The van der Waals surface area contributed by atoms with E-state index in [0.29, 0.717) is 10.3 Å². The van der Waals surface area contributed by atoms with Crippen molar-refractivity contribution >= 4 is 17.8 Å². The normalized spacial score (nSPS) is 23.8. The van der Waals surface area contributed by atoms with E-state index in [9.17, 15) is 19.9 Å². The number of benzene rings is 1. The van der Waals surface area contributed by atoms with Crippen molar-refractivity contribution in [2.75, 3.05) is 5.32 Å². The molecule has 3 aromatic rings. The van der Waals surface area contributed by atoms with Crippen LogP contribution in [0.5, 0.6) is 0 Å². The fraction of sp³-hybridized carbons (Fsp3) is 0.292. The van der Waals surface area contributed by atoms with Gasteiger partial charge in [-0.2, -0.15) is 4.73 Å². The van der Waals surface area contributed by atoms with E-state index in [1.165, 1.54) is 12.4 Å². The van der Waals surface area contributed by atoms with Gasteiger partial charge in [-0.1, -0.05) is 29.8 Å². The Morgan fingerprint density at radius 3 is 2.58 bits per heavy atom. The van der Waals surface area contributed by atoms with Gasteiger partial charge < -0.3 is 15.1 Å². The first-order valence-corrected chi connectivity index (χ1v) is 10.7. The predicted molar refractivity (Wildman–Crippen MR) is 117 cm³/mol. The number of aliphatic hydroxyl groups is 1. The maximum Gasteiger partial charge on any atom is 0.345 e. The zero-order valence-electron chi connectivity index (χ0n) is 17.9. The molecule has 168 valence electrons. The second kappa shape index (κ2) is 7.63. The highest BCUT2D eigenvalue weighted by Crippen LogP contribution is 2.48. The molecule has 2 aliphatic rings. The van der Waals surface area contributed by atoms with Crippen LogP contribution in [0.15, 0.2) is 55.1 Å². The molecule has 3 heterocycles. The lowest BCUT2D eigenvalue weighted by atomic mass is 9.72. The molecular weight excluding hydrogens is 424 g/mol. The second-order valence-electron chi connectivity index (χ2n) is 8.67. The lowest BCUT2D eigenvalue weighted by Gasteiger charge is -2.40. The lowest BCUT2D eigenvalue weighted by molar-refractivity contribution is -0.605. The standard InChI is InChI=1S/C24H22N4O5/c1-15-3-2-4-16(11-15)17-12-25-22(26-13-17)27-21(30)23(31)6-8-24(9-7-23)19-5-10-28(32)14-18(19)20(29)33-24/h2-5,10-14,31H,6-9H2,1H3,(H,25,26,27,30)/t23-,24-. The molecule has 9 heteroatoms. The summed E-state index contributed by atoms with van der Waals surface area (Å²) in [5.41, 5.74) is 1.17. The molecule has 2 N–H and O–H groups in total. The van der Waals surface area contributed by atoms with Gasteiger partial charge in [0, 0.05) is 29.6 Å². The topological polar surface area (TPSA) is 128 Å². The minimum Gasteiger partial charge on any atom is -0.619 e. The Labute approximate surface area is 189 Å². The van der Waals surface area contributed by atoms with Crippen LogP contribution in [-0.4, -0.2) is 32.6 Å². The van der Waals surface area contributed by atoms with Crippen molar-refractivity contribution in [3.05, 3.63) is 77.0 Å².